The van der Waals surface area contributed by atoms with Crippen LogP contribution in [0.4, 0.5) is 4.79 Å². The maximum atomic E-state index is 14.9. The number of furan rings is 1. The molecule has 9 rings (SSSR count). The van der Waals surface area contributed by atoms with Gasteiger partial charge in [0.15, 0.2) is 11.3 Å². The summed E-state index contributed by atoms with van der Waals surface area (Å²) in [6, 6.07) is 14.8. The highest BCUT2D eigenvalue weighted by Gasteiger charge is 2.63. The van der Waals surface area contributed by atoms with E-state index in [1.54, 1.807) is 13.0 Å². The van der Waals surface area contributed by atoms with E-state index < -0.39 is 68.2 Å². The van der Waals surface area contributed by atoms with Crippen LogP contribution in [0.3, 0.4) is 0 Å². The number of nitrogens with one attached hydrogen (secondary N) is 3. The maximum absolute atomic E-state index is 14.9. The van der Waals surface area contributed by atoms with Crippen LogP contribution in [0.2, 0.25) is 0 Å². The standard InChI is InChI=1S/C48H57N5O10S/c1-29(2)60-33-21-19-30(20-22-33)37-26-40(42-41(49-37)35-16-11-12-18-39(35)63-42)61-34-25-38-43(54)51-48(45(56)52-64(58,59)47(3)23-24-47)27-31(48)13-7-5-4-6-8-17-36(44(55)53(38)28-34)50-46(57)62-32-14-9-10-15-32/h7,11-13,16,18-22,26,29,31-32,34,36,38H,4-6,8-10,14-15,17,23-25,27-28H2,1-3H3,(H,50,57)(H,51,54)(H,52,56)/b13-7-/t31-,34+,36-,38-,48+/m0/s1. The summed E-state index contributed by atoms with van der Waals surface area (Å²) in [4.78, 5) is 63.4. The van der Waals surface area contributed by atoms with Crippen LogP contribution in [0.25, 0.3) is 33.3 Å². The number of pyridine rings is 1. The van der Waals surface area contributed by atoms with Gasteiger partial charge in [-0.2, -0.15) is 0 Å². The number of alkyl carbamates (subject to hydrolysis) is 1. The smallest absolute Gasteiger partial charge is 0.408 e. The molecular formula is C48H57N5O10S. The van der Waals surface area contributed by atoms with Crippen LogP contribution in [0.5, 0.6) is 11.5 Å². The molecule has 5 aliphatic rings. The van der Waals surface area contributed by atoms with E-state index in [0.717, 1.165) is 49.5 Å². The van der Waals surface area contributed by atoms with E-state index in [1.165, 1.54) is 4.90 Å². The van der Waals surface area contributed by atoms with E-state index in [9.17, 15) is 27.6 Å². The van der Waals surface area contributed by atoms with E-state index >= 15 is 0 Å². The lowest BCUT2D eigenvalue weighted by atomic mass is 10.0. The van der Waals surface area contributed by atoms with Gasteiger partial charge < -0.3 is 34.2 Å². The van der Waals surface area contributed by atoms with Crippen molar-refractivity contribution >= 4 is 55.9 Å². The minimum Gasteiger partial charge on any atom is -0.491 e. The first kappa shape index (κ1) is 43.6. The largest absolute Gasteiger partial charge is 0.491 e. The number of nitrogens with zero attached hydrogens (tertiary/aromatic N) is 2. The van der Waals surface area contributed by atoms with Crippen molar-refractivity contribution in [3.05, 3.63) is 66.7 Å². The number of amides is 4. The Hall–Kier alpha value is -5.64. The summed E-state index contributed by atoms with van der Waals surface area (Å²) in [6.45, 7) is 5.48. The molecule has 2 aromatic heterocycles. The lowest BCUT2D eigenvalue weighted by Crippen LogP contribution is -2.58. The van der Waals surface area contributed by atoms with E-state index in [2.05, 4.69) is 15.4 Å². The molecule has 1 saturated heterocycles. The molecule has 340 valence electrons. The number of fused-ring (bicyclic) bond motifs is 5. The summed E-state index contributed by atoms with van der Waals surface area (Å²) in [5.41, 5.74) is 1.44. The normalized spacial score (nSPS) is 26.6. The fourth-order valence-electron chi connectivity index (χ4n) is 9.32. The second-order valence-electron chi connectivity index (χ2n) is 18.7. The van der Waals surface area contributed by atoms with Crippen LogP contribution in [0, 0.1) is 5.92 Å². The first-order valence-electron chi connectivity index (χ1n) is 22.8. The number of hydrogen-bond donors (Lipinski definition) is 3. The summed E-state index contributed by atoms with van der Waals surface area (Å²) in [7, 11) is -4.02. The number of carbonyl (C=O) groups is 4. The van der Waals surface area contributed by atoms with Gasteiger partial charge in [0.2, 0.25) is 21.8 Å². The van der Waals surface area contributed by atoms with Crippen molar-refractivity contribution in [2.75, 3.05) is 6.54 Å². The number of hydrogen-bond acceptors (Lipinski definition) is 11. The Morgan fingerprint density at radius 2 is 1.72 bits per heavy atom. The van der Waals surface area contributed by atoms with Crippen LogP contribution in [0.15, 0.2) is 71.2 Å². The average Bonchev–Trinajstić information content (AvgIpc) is 3.92. The topological polar surface area (TPSA) is 195 Å². The predicted molar refractivity (Wildman–Crippen MR) is 239 cm³/mol. The molecule has 64 heavy (non-hydrogen) atoms. The number of benzene rings is 2. The Labute approximate surface area is 373 Å². The number of sulfonamides is 1. The molecule has 16 heteroatoms. The van der Waals surface area contributed by atoms with E-state index in [1.807, 2.05) is 74.5 Å². The van der Waals surface area contributed by atoms with Gasteiger partial charge in [0.25, 0.3) is 5.91 Å². The molecule has 3 aliphatic carbocycles. The maximum Gasteiger partial charge on any atom is 0.408 e. The molecule has 0 spiro atoms. The lowest BCUT2D eigenvalue weighted by Gasteiger charge is -2.30. The van der Waals surface area contributed by atoms with Gasteiger partial charge in [-0.05, 0) is 121 Å². The molecule has 2 aromatic carbocycles. The molecule has 3 N–H and O–H groups in total. The van der Waals surface area contributed by atoms with Crippen molar-refractivity contribution in [2.45, 2.75) is 145 Å². The Morgan fingerprint density at radius 3 is 2.47 bits per heavy atom. The van der Waals surface area contributed by atoms with Gasteiger partial charge in [-0.15, -0.1) is 0 Å². The minimum atomic E-state index is -4.02. The zero-order chi connectivity index (χ0) is 44.8. The summed E-state index contributed by atoms with van der Waals surface area (Å²) in [5, 5.41) is 6.57. The molecule has 0 radical (unpaired) electrons. The molecule has 4 fully saturated rings. The van der Waals surface area contributed by atoms with Gasteiger partial charge in [-0.25, -0.2) is 18.2 Å². The molecule has 4 amide bonds. The van der Waals surface area contributed by atoms with Crippen molar-refractivity contribution in [1.29, 1.82) is 0 Å². The highest BCUT2D eigenvalue weighted by atomic mass is 32.2. The third-order valence-corrected chi connectivity index (χ3v) is 15.6. The molecule has 5 atom stereocenters. The van der Waals surface area contributed by atoms with Crippen LogP contribution in [0.1, 0.15) is 104 Å². The Balaban J connectivity index is 1.05. The first-order chi connectivity index (χ1) is 30.7. The highest BCUT2D eigenvalue weighted by Crippen LogP contribution is 2.48. The Bertz CT molecular complexity index is 2580. The molecule has 4 aromatic rings. The lowest BCUT2D eigenvalue weighted by molar-refractivity contribution is -0.141. The number of ether oxygens (including phenoxy) is 3. The second kappa shape index (κ2) is 17.4. The zero-order valence-electron chi connectivity index (χ0n) is 36.6. The molecule has 4 heterocycles. The first-order valence-corrected chi connectivity index (χ1v) is 24.3. The van der Waals surface area contributed by atoms with Crippen LogP contribution >= 0.6 is 0 Å². The number of para-hydroxylation sites is 1. The van der Waals surface area contributed by atoms with Crippen LogP contribution < -0.4 is 24.8 Å². The van der Waals surface area contributed by atoms with Crippen LogP contribution in [-0.4, -0.2) is 89.3 Å². The van der Waals surface area contributed by atoms with Gasteiger partial charge >= 0.3 is 6.09 Å². The minimum absolute atomic E-state index is 0.00122. The molecule has 0 bridgehead atoms. The number of aromatic nitrogens is 1. The van der Waals surface area contributed by atoms with Crippen molar-refractivity contribution in [1.82, 2.24) is 25.2 Å². The Kier molecular flexibility index (Phi) is 11.8. The van der Waals surface area contributed by atoms with Gasteiger partial charge in [-0.1, -0.05) is 37.1 Å². The number of carbonyl (C=O) groups excluding carboxylic acids is 4. The van der Waals surface area contributed by atoms with Gasteiger partial charge in [-0.3, -0.25) is 19.1 Å². The van der Waals surface area contributed by atoms with Gasteiger partial charge in [0.1, 0.15) is 46.7 Å². The Morgan fingerprint density at radius 1 is 0.969 bits per heavy atom. The summed E-state index contributed by atoms with van der Waals surface area (Å²) < 4.78 is 52.6. The van der Waals surface area contributed by atoms with Crippen molar-refractivity contribution in [3.8, 4) is 22.8 Å². The molecule has 0 unspecified atom stereocenters. The monoisotopic (exact) mass is 895 g/mol. The van der Waals surface area contributed by atoms with Crippen molar-refractivity contribution in [2.24, 2.45) is 5.92 Å². The zero-order valence-corrected chi connectivity index (χ0v) is 37.4. The quantitative estimate of drug-likeness (QED) is 0.136. The SMILES string of the molecule is CC(C)Oc1ccc(-c2cc(O[C@@H]3C[C@H]4C(=O)N[C@]5(C(=O)NS(=O)(=O)C6(C)CC6)C[C@@H]5/C=C\CCCCC[C@H](NC(=O)OC5CCCC5)C(=O)N4C3)c3oc4ccccc4c3n2)cc1. The van der Waals surface area contributed by atoms with Gasteiger partial charge in [0.05, 0.1) is 23.1 Å². The van der Waals surface area contributed by atoms with Crippen molar-refractivity contribution in [3.63, 3.8) is 0 Å². The fraction of sp³-hybridized carbons (Fsp3) is 0.521. The van der Waals surface area contributed by atoms with Gasteiger partial charge in [0, 0.05) is 29.4 Å². The second-order valence-corrected chi connectivity index (χ2v) is 20.9. The van der Waals surface area contributed by atoms with Crippen LogP contribution in [-0.2, 0) is 29.1 Å². The summed E-state index contributed by atoms with van der Waals surface area (Å²) in [6.07, 6.45) is 9.89. The molecular weight excluding hydrogens is 839 g/mol. The predicted octanol–water partition coefficient (Wildman–Crippen LogP) is 7.21. The summed E-state index contributed by atoms with van der Waals surface area (Å²) >= 11 is 0. The highest BCUT2D eigenvalue weighted by molar-refractivity contribution is 7.91. The molecule has 3 saturated carbocycles. The van der Waals surface area contributed by atoms with Crippen molar-refractivity contribution < 1.29 is 46.2 Å². The number of rotatable bonds is 10. The number of allylic oxidation sites excluding steroid dienone is 1. The third-order valence-electron chi connectivity index (χ3n) is 13.5. The third kappa shape index (κ3) is 8.89. The molecule has 15 nitrogen and oxygen atoms in total. The fourth-order valence-corrected chi connectivity index (χ4v) is 10.6. The molecule has 2 aliphatic heterocycles. The van der Waals surface area contributed by atoms with E-state index in [0.29, 0.717) is 66.0 Å². The van der Waals surface area contributed by atoms with E-state index in [4.69, 9.17) is 23.6 Å². The summed E-state index contributed by atoms with van der Waals surface area (Å²) in [5.74, 6) is -1.29. The average molecular weight is 896 g/mol. The van der Waals surface area contributed by atoms with E-state index in [-0.39, 0.29) is 31.6 Å².